The molecule has 2 heterocycles. The Morgan fingerprint density at radius 1 is 1.28 bits per heavy atom. The number of rotatable bonds is 4. The van der Waals surface area contributed by atoms with E-state index in [-0.39, 0.29) is 0 Å². The third kappa shape index (κ3) is 2.71. The molecule has 96 valence electrons. The van der Waals surface area contributed by atoms with Crippen molar-refractivity contribution < 1.29 is 5.11 Å². The number of pyridine rings is 1. The van der Waals surface area contributed by atoms with E-state index < -0.39 is 6.10 Å². The summed E-state index contributed by atoms with van der Waals surface area (Å²) in [6.45, 7) is 3.91. The van der Waals surface area contributed by atoms with Gasteiger partial charge in [0.1, 0.15) is 5.82 Å². The number of nitrogens with zero attached hydrogens (tertiary/aromatic N) is 2. The van der Waals surface area contributed by atoms with Crippen molar-refractivity contribution in [2.45, 2.75) is 26.0 Å². The summed E-state index contributed by atoms with van der Waals surface area (Å²) in [5, 5.41) is 11.5. The molecule has 0 aliphatic rings. The molecule has 2 atom stereocenters. The van der Waals surface area contributed by atoms with E-state index in [1.807, 2.05) is 19.2 Å². The minimum Gasteiger partial charge on any atom is -0.389 e. The molecule has 0 radical (unpaired) electrons. The topological polar surface area (TPSA) is 36.4 Å². The predicted molar refractivity (Wildman–Crippen MR) is 76.0 cm³/mol. The van der Waals surface area contributed by atoms with Gasteiger partial charge in [0.15, 0.2) is 0 Å². The van der Waals surface area contributed by atoms with Gasteiger partial charge < -0.3 is 10.0 Å². The number of hydrogen-bond acceptors (Lipinski definition) is 4. The molecule has 0 aromatic carbocycles. The molecule has 0 spiro atoms. The van der Waals surface area contributed by atoms with E-state index in [0.717, 1.165) is 11.4 Å². The van der Waals surface area contributed by atoms with Crippen LogP contribution in [-0.2, 0) is 0 Å². The summed E-state index contributed by atoms with van der Waals surface area (Å²) in [4.78, 5) is 7.86. The van der Waals surface area contributed by atoms with Crippen molar-refractivity contribution in [3.05, 3.63) is 46.3 Å². The zero-order valence-corrected chi connectivity index (χ0v) is 11.7. The normalized spacial score (nSPS) is 14.2. The van der Waals surface area contributed by atoms with Crippen molar-refractivity contribution in [1.82, 2.24) is 4.98 Å². The first-order valence-electron chi connectivity index (χ1n) is 6.00. The van der Waals surface area contributed by atoms with E-state index in [1.54, 1.807) is 24.5 Å². The molecular formula is C14H18N2OS. The van der Waals surface area contributed by atoms with Crippen LogP contribution in [0.2, 0.25) is 0 Å². The van der Waals surface area contributed by atoms with Gasteiger partial charge in [-0.15, -0.1) is 11.3 Å². The Labute approximate surface area is 112 Å². The summed E-state index contributed by atoms with van der Waals surface area (Å²) < 4.78 is 0. The monoisotopic (exact) mass is 262 g/mol. The number of aliphatic hydroxyl groups is 1. The highest BCUT2D eigenvalue weighted by Gasteiger charge is 2.14. The first-order chi connectivity index (χ1) is 8.59. The molecule has 1 unspecified atom stereocenters. The van der Waals surface area contributed by atoms with Crippen LogP contribution in [-0.4, -0.2) is 17.1 Å². The van der Waals surface area contributed by atoms with Gasteiger partial charge in [0.2, 0.25) is 0 Å². The van der Waals surface area contributed by atoms with E-state index >= 15 is 0 Å². The maximum absolute atomic E-state index is 9.46. The van der Waals surface area contributed by atoms with E-state index in [9.17, 15) is 5.11 Å². The summed E-state index contributed by atoms with van der Waals surface area (Å²) in [5.41, 5.74) is 0.843. The van der Waals surface area contributed by atoms with Gasteiger partial charge >= 0.3 is 0 Å². The molecule has 0 saturated heterocycles. The minimum absolute atomic E-state index is 0.301. The Kier molecular flexibility index (Phi) is 3.99. The van der Waals surface area contributed by atoms with E-state index in [1.165, 1.54) is 4.88 Å². The van der Waals surface area contributed by atoms with Gasteiger partial charge in [-0.3, -0.25) is 0 Å². The molecule has 3 nitrogen and oxygen atoms in total. The van der Waals surface area contributed by atoms with Crippen LogP contribution in [0.1, 0.15) is 36.4 Å². The fraction of sp³-hybridized carbons (Fsp3) is 0.357. The summed E-state index contributed by atoms with van der Waals surface area (Å²) in [6.07, 6.45) is 1.27. The van der Waals surface area contributed by atoms with Crippen molar-refractivity contribution in [3.8, 4) is 0 Å². The van der Waals surface area contributed by atoms with Crippen LogP contribution in [0.3, 0.4) is 0 Å². The largest absolute Gasteiger partial charge is 0.389 e. The Morgan fingerprint density at radius 3 is 2.56 bits per heavy atom. The molecule has 2 aromatic rings. The summed E-state index contributed by atoms with van der Waals surface area (Å²) in [6, 6.07) is 8.37. The average molecular weight is 262 g/mol. The second kappa shape index (κ2) is 5.50. The molecule has 0 fully saturated rings. The van der Waals surface area contributed by atoms with Gasteiger partial charge in [-0.25, -0.2) is 4.98 Å². The molecule has 0 saturated carbocycles. The minimum atomic E-state index is -0.466. The molecule has 0 amide bonds. The van der Waals surface area contributed by atoms with Gasteiger partial charge in [0, 0.05) is 18.1 Å². The second-order valence-corrected chi connectivity index (χ2v) is 5.41. The quantitative estimate of drug-likeness (QED) is 0.917. The molecule has 2 rings (SSSR count). The average Bonchev–Trinajstić information content (AvgIpc) is 2.91. The predicted octanol–water partition coefficient (Wildman–Crippen LogP) is 3.39. The Bertz CT molecular complexity index is 479. The highest BCUT2D eigenvalue weighted by molar-refractivity contribution is 7.10. The zero-order valence-electron chi connectivity index (χ0n) is 10.9. The van der Waals surface area contributed by atoms with Crippen LogP contribution in [0.15, 0.2) is 35.8 Å². The lowest BCUT2D eigenvalue weighted by Gasteiger charge is -2.25. The first kappa shape index (κ1) is 13.1. The number of hydrogen-bond donors (Lipinski definition) is 1. The van der Waals surface area contributed by atoms with Crippen molar-refractivity contribution in [1.29, 1.82) is 0 Å². The number of thiophene rings is 1. The van der Waals surface area contributed by atoms with Crippen molar-refractivity contribution in [2.75, 3.05) is 11.9 Å². The highest BCUT2D eigenvalue weighted by Crippen LogP contribution is 2.27. The van der Waals surface area contributed by atoms with Gasteiger partial charge in [-0.1, -0.05) is 12.1 Å². The van der Waals surface area contributed by atoms with Crippen LogP contribution in [0.25, 0.3) is 0 Å². The summed E-state index contributed by atoms with van der Waals surface area (Å²) in [7, 11) is 2.04. The Morgan fingerprint density at radius 2 is 2.06 bits per heavy atom. The Hall–Kier alpha value is -1.39. The van der Waals surface area contributed by atoms with Crippen LogP contribution in [0.4, 0.5) is 5.82 Å². The summed E-state index contributed by atoms with van der Waals surface area (Å²) in [5.74, 6) is 0.917. The maximum Gasteiger partial charge on any atom is 0.128 e. The third-order valence-corrected chi connectivity index (χ3v) is 4.19. The molecule has 0 aliphatic heterocycles. The van der Waals surface area contributed by atoms with Crippen molar-refractivity contribution in [3.63, 3.8) is 0 Å². The lowest BCUT2D eigenvalue weighted by Crippen LogP contribution is -2.21. The SMILES string of the molecule is CC(c1cccs1)N(C)c1ccc([C@@H](C)O)cn1. The Balaban J connectivity index is 2.16. The lowest BCUT2D eigenvalue weighted by molar-refractivity contribution is 0.199. The van der Waals surface area contributed by atoms with Crippen LogP contribution in [0, 0.1) is 0 Å². The fourth-order valence-corrected chi connectivity index (χ4v) is 2.60. The zero-order chi connectivity index (χ0) is 13.1. The number of anilines is 1. The van der Waals surface area contributed by atoms with Crippen LogP contribution >= 0.6 is 11.3 Å². The van der Waals surface area contributed by atoms with Gasteiger partial charge in [-0.05, 0) is 36.9 Å². The highest BCUT2D eigenvalue weighted by atomic mass is 32.1. The molecule has 0 aliphatic carbocycles. The van der Waals surface area contributed by atoms with E-state index in [0.29, 0.717) is 6.04 Å². The third-order valence-electron chi connectivity index (χ3n) is 3.15. The number of aliphatic hydroxyl groups excluding tert-OH is 1. The smallest absolute Gasteiger partial charge is 0.128 e. The summed E-state index contributed by atoms with van der Waals surface area (Å²) >= 11 is 1.75. The molecule has 0 bridgehead atoms. The molecule has 4 heteroatoms. The molecule has 2 aromatic heterocycles. The van der Waals surface area contributed by atoms with Gasteiger partial charge in [0.05, 0.1) is 12.1 Å². The van der Waals surface area contributed by atoms with Crippen LogP contribution in [0.5, 0.6) is 0 Å². The fourth-order valence-electron chi connectivity index (χ4n) is 1.77. The van der Waals surface area contributed by atoms with E-state index in [4.69, 9.17) is 0 Å². The number of aromatic nitrogens is 1. The van der Waals surface area contributed by atoms with Crippen LogP contribution < -0.4 is 4.90 Å². The maximum atomic E-state index is 9.46. The van der Waals surface area contributed by atoms with Crippen molar-refractivity contribution >= 4 is 17.2 Å². The molecule has 1 N–H and O–H groups in total. The second-order valence-electron chi connectivity index (χ2n) is 4.43. The molecule has 18 heavy (non-hydrogen) atoms. The van der Waals surface area contributed by atoms with Gasteiger partial charge in [-0.2, -0.15) is 0 Å². The van der Waals surface area contributed by atoms with E-state index in [2.05, 4.69) is 34.3 Å². The standard InChI is InChI=1S/C14H18N2OS/c1-10(13-5-4-8-18-13)16(3)14-7-6-12(9-15-14)11(2)17/h4-11,17H,1-3H3/t10?,11-/m1/s1. The lowest BCUT2D eigenvalue weighted by atomic mass is 10.2. The van der Waals surface area contributed by atoms with Gasteiger partial charge in [0.25, 0.3) is 0 Å². The van der Waals surface area contributed by atoms with Crippen molar-refractivity contribution in [2.24, 2.45) is 0 Å². The first-order valence-corrected chi connectivity index (χ1v) is 6.88. The molecular weight excluding hydrogens is 244 g/mol.